The monoisotopic (exact) mass is 448 g/mol. The van der Waals surface area contributed by atoms with Gasteiger partial charge in [-0.1, -0.05) is 11.6 Å². The van der Waals surface area contributed by atoms with Crippen molar-refractivity contribution in [3.8, 4) is 0 Å². The number of nitro benzene ring substituents is 1. The van der Waals surface area contributed by atoms with E-state index in [1.54, 1.807) is 17.7 Å². The Morgan fingerprint density at radius 1 is 1.37 bits per heavy atom. The van der Waals surface area contributed by atoms with Crippen LogP contribution in [0.2, 0.25) is 5.15 Å². The standard InChI is InChI=1S/C17H13ClN6O5S/c1-23-9-20-22-17(23)30-13-5-4-10(7-12(13)24(27)28)16(26)29-8-14(25)21-11-3-2-6-19-15(11)18/h2-7,9H,8H2,1H3,(H,21,25). The van der Waals surface area contributed by atoms with E-state index in [-0.39, 0.29) is 27.0 Å². The molecule has 0 saturated heterocycles. The number of halogens is 1. The second-order valence-corrected chi connectivity index (χ2v) is 7.10. The lowest BCUT2D eigenvalue weighted by Crippen LogP contribution is -2.21. The van der Waals surface area contributed by atoms with Crippen molar-refractivity contribution < 1.29 is 19.2 Å². The van der Waals surface area contributed by atoms with Gasteiger partial charge in [-0.2, -0.15) is 0 Å². The van der Waals surface area contributed by atoms with Gasteiger partial charge >= 0.3 is 5.97 Å². The Bertz CT molecular complexity index is 1120. The lowest BCUT2D eigenvalue weighted by Gasteiger charge is -2.08. The molecule has 3 rings (SSSR count). The fraction of sp³-hybridized carbons (Fsp3) is 0.118. The number of aryl methyl sites for hydroxylation is 1. The molecule has 0 fully saturated rings. The molecule has 0 spiro atoms. The summed E-state index contributed by atoms with van der Waals surface area (Å²) in [7, 11) is 1.70. The molecule has 13 heteroatoms. The van der Waals surface area contributed by atoms with Crippen LogP contribution in [0.5, 0.6) is 0 Å². The van der Waals surface area contributed by atoms with Crippen molar-refractivity contribution in [3.63, 3.8) is 0 Å². The van der Waals surface area contributed by atoms with Crippen LogP contribution in [-0.2, 0) is 16.6 Å². The maximum absolute atomic E-state index is 12.2. The molecule has 1 aromatic carbocycles. The van der Waals surface area contributed by atoms with E-state index in [2.05, 4.69) is 20.5 Å². The highest BCUT2D eigenvalue weighted by Gasteiger charge is 2.21. The number of carbonyl (C=O) groups excluding carboxylic acids is 2. The Morgan fingerprint density at radius 3 is 2.83 bits per heavy atom. The smallest absolute Gasteiger partial charge is 0.338 e. The lowest BCUT2D eigenvalue weighted by atomic mass is 10.2. The van der Waals surface area contributed by atoms with E-state index < -0.39 is 23.4 Å². The van der Waals surface area contributed by atoms with Crippen LogP contribution in [0.4, 0.5) is 11.4 Å². The van der Waals surface area contributed by atoms with E-state index in [1.807, 2.05) is 0 Å². The maximum atomic E-state index is 12.2. The van der Waals surface area contributed by atoms with E-state index in [4.69, 9.17) is 16.3 Å². The first-order chi connectivity index (χ1) is 14.3. The van der Waals surface area contributed by atoms with Gasteiger partial charge in [0.05, 0.1) is 21.1 Å². The van der Waals surface area contributed by atoms with Crippen molar-refractivity contribution in [2.24, 2.45) is 7.05 Å². The molecule has 0 unspecified atom stereocenters. The fourth-order valence-corrected chi connectivity index (χ4v) is 3.23. The first-order valence-electron chi connectivity index (χ1n) is 8.23. The topological polar surface area (TPSA) is 142 Å². The van der Waals surface area contributed by atoms with Gasteiger partial charge in [0.2, 0.25) is 0 Å². The average Bonchev–Trinajstić information content (AvgIpc) is 3.12. The Morgan fingerprint density at radius 2 is 2.17 bits per heavy atom. The largest absolute Gasteiger partial charge is 0.452 e. The second kappa shape index (κ2) is 9.33. The molecular weight excluding hydrogens is 436 g/mol. The Kier molecular flexibility index (Phi) is 6.59. The summed E-state index contributed by atoms with van der Waals surface area (Å²) in [6.07, 6.45) is 2.92. The zero-order valence-corrected chi connectivity index (χ0v) is 16.9. The van der Waals surface area contributed by atoms with Gasteiger partial charge in [0.15, 0.2) is 16.9 Å². The van der Waals surface area contributed by atoms with Crippen molar-refractivity contribution in [2.45, 2.75) is 10.1 Å². The maximum Gasteiger partial charge on any atom is 0.338 e. The molecule has 3 aromatic rings. The van der Waals surface area contributed by atoms with E-state index in [0.717, 1.165) is 17.8 Å². The van der Waals surface area contributed by atoms with Crippen LogP contribution in [0, 0.1) is 10.1 Å². The number of esters is 1. The minimum absolute atomic E-state index is 0.0729. The molecule has 1 N–H and O–H groups in total. The first kappa shape index (κ1) is 21.2. The van der Waals surface area contributed by atoms with Crippen LogP contribution in [0.25, 0.3) is 0 Å². The zero-order valence-electron chi connectivity index (χ0n) is 15.3. The number of rotatable bonds is 7. The van der Waals surface area contributed by atoms with Crippen LogP contribution in [-0.4, -0.2) is 43.2 Å². The second-order valence-electron chi connectivity index (χ2n) is 5.73. The van der Waals surface area contributed by atoms with Gasteiger partial charge < -0.3 is 14.6 Å². The molecule has 0 atom stereocenters. The summed E-state index contributed by atoms with van der Waals surface area (Å²) in [6, 6.07) is 6.96. The Balaban J connectivity index is 1.67. The minimum Gasteiger partial charge on any atom is -0.452 e. The highest BCUT2D eigenvalue weighted by Crippen LogP contribution is 2.34. The zero-order chi connectivity index (χ0) is 21.7. The van der Waals surface area contributed by atoms with Crippen LogP contribution >= 0.6 is 23.4 Å². The molecule has 0 saturated carbocycles. The van der Waals surface area contributed by atoms with Crippen molar-refractivity contribution in [1.82, 2.24) is 19.7 Å². The molecule has 11 nitrogen and oxygen atoms in total. The highest BCUT2D eigenvalue weighted by molar-refractivity contribution is 7.99. The molecule has 0 aliphatic carbocycles. The number of pyridine rings is 1. The molecule has 0 aliphatic heterocycles. The molecule has 2 aromatic heterocycles. The minimum atomic E-state index is -0.888. The molecule has 0 radical (unpaired) electrons. The molecule has 1 amide bonds. The molecule has 0 bridgehead atoms. The van der Waals surface area contributed by atoms with E-state index >= 15 is 0 Å². The Labute approximate surface area is 178 Å². The third kappa shape index (κ3) is 5.10. The quantitative estimate of drug-likeness (QED) is 0.249. The summed E-state index contributed by atoms with van der Waals surface area (Å²) in [6.45, 7) is -0.604. The number of aromatic nitrogens is 4. The summed E-state index contributed by atoms with van der Waals surface area (Å²) in [5.41, 5.74) is -0.110. The lowest BCUT2D eigenvalue weighted by molar-refractivity contribution is -0.387. The highest BCUT2D eigenvalue weighted by atomic mass is 35.5. The van der Waals surface area contributed by atoms with Crippen LogP contribution < -0.4 is 5.32 Å². The number of hydrogen-bond acceptors (Lipinski definition) is 9. The van der Waals surface area contributed by atoms with Crippen LogP contribution in [0.3, 0.4) is 0 Å². The number of amides is 1. The van der Waals surface area contributed by atoms with Crippen molar-refractivity contribution in [3.05, 3.63) is 63.7 Å². The normalized spacial score (nSPS) is 10.5. The van der Waals surface area contributed by atoms with E-state index in [9.17, 15) is 19.7 Å². The van der Waals surface area contributed by atoms with Gasteiger partial charge in [-0.3, -0.25) is 14.9 Å². The van der Waals surface area contributed by atoms with Crippen molar-refractivity contribution >= 4 is 46.6 Å². The predicted molar refractivity (Wildman–Crippen MR) is 106 cm³/mol. The summed E-state index contributed by atoms with van der Waals surface area (Å²) >= 11 is 6.87. The summed E-state index contributed by atoms with van der Waals surface area (Å²) in [4.78, 5) is 39.1. The number of anilines is 1. The van der Waals surface area contributed by atoms with Gasteiger partial charge in [-0.25, -0.2) is 9.78 Å². The number of hydrogen-bond donors (Lipinski definition) is 1. The van der Waals surface area contributed by atoms with Crippen LogP contribution in [0.1, 0.15) is 10.4 Å². The molecule has 0 aliphatic rings. The van der Waals surface area contributed by atoms with Gasteiger partial charge in [0, 0.05) is 19.3 Å². The third-order valence-corrected chi connectivity index (χ3v) is 5.05. The van der Waals surface area contributed by atoms with Crippen molar-refractivity contribution in [2.75, 3.05) is 11.9 Å². The van der Waals surface area contributed by atoms with Crippen molar-refractivity contribution in [1.29, 1.82) is 0 Å². The average molecular weight is 449 g/mol. The first-order valence-corrected chi connectivity index (χ1v) is 9.42. The van der Waals surface area contributed by atoms with Crippen LogP contribution in [0.15, 0.2) is 52.9 Å². The summed E-state index contributed by atoms with van der Waals surface area (Å²) in [5, 5.41) is 22.0. The van der Waals surface area contributed by atoms with Gasteiger partial charge in [0.1, 0.15) is 6.33 Å². The number of benzene rings is 1. The molecule has 30 heavy (non-hydrogen) atoms. The van der Waals surface area contributed by atoms with Gasteiger partial charge in [0.25, 0.3) is 11.6 Å². The van der Waals surface area contributed by atoms with E-state index in [1.165, 1.54) is 30.7 Å². The Hall–Kier alpha value is -3.51. The van der Waals surface area contributed by atoms with Gasteiger partial charge in [-0.05, 0) is 36.0 Å². The number of ether oxygens (including phenoxy) is 1. The van der Waals surface area contributed by atoms with Gasteiger partial charge in [-0.15, -0.1) is 10.2 Å². The molecule has 154 valence electrons. The number of carbonyl (C=O) groups is 2. The molecule has 2 heterocycles. The summed E-state index contributed by atoms with van der Waals surface area (Å²) < 4.78 is 6.53. The number of nitrogens with one attached hydrogen (secondary N) is 1. The number of nitrogens with zero attached hydrogens (tertiary/aromatic N) is 5. The summed E-state index contributed by atoms with van der Waals surface area (Å²) in [5.74, 6) is -1.53. The number of nitro groups is 1. The molecular formula is C17H13ClN6O5S. The SMILES string of the molecule is Cn1cnnc1Sc1ccc(C(=O)OCC(=O)Nc2cccnc2Cl)cc1[N+](=O)[O-]. The third-order valence-electron chi connectivity index (χ3n) is 3.63. The van der Waals surface area contributed by atoms with E-state index in [0.29, 0.717) is 5.16 Å². The fourth-order valence-electron chi connectivity index (χ4n) is 2.22. The predicted octanol–water partition coefficient (Wildman–Crippen LogP) is 2.72.